The van der Waals surface area contributed by atoms with Gasteiger partial charge in [0, 0.05) is 43.7 Å². The fourth-order valence-electron chi connectivity index (χ4n) is 2.41. The van der Waals surface area contributed by atoms with Gasteiger partial charge in [0.25, 0.3) is 5.91 Å². The number of β-amino-alcohol motifs (C(OH)–C–C–N with tert-alkyl or cyclic N) is 1. The number of nitrogens with zero attached hydrogens (tertiary/aromatic N) is 4. The van der Waals surface area contributed by atoms with Crippen LogP contribution in [0.5, 0.6) is 0 Å². The smallest absolute Gasteiger partial charge is 0.276 e. The van der Waals surface area contributed by atoms with Crippen LogP contribution in [0.2, 0.25) is 0 Å². The maximum Gasteiger partial charge on any atom is 0.276 e. The van der Waals surface area contributed by atoms with Crippen molar-refractivity contribution in [2.24, 2.45) is 5.92 Å². The van der Waals surface area contributed by atoms with E-state index in [1.54, 1.807) is 23.5 Å². The maximum absolute atomic E-state index is 12.1. The van der Waals surface area contributed by atoms with Gasteiger partial charge in [-0.2, -0.15) is 0 Å². The first kappa shape index (κ1) is 12.7. The summed E-state index contributed by atoms with van der Waals surface area (Å²) in [4.78, 5) is 21.9. The number of hydrogen-bond acceptors (Lipinski definition) is 6. The number of amides is 1. The molecule has 0 saturated carbocycles. The Labute approximate surface area is 115 Å². The van der Waals surface area contributed by atoms with Crippen molar-refractivity contribution in [3.63, 3.8) is 0 Å². The van der Waals surface area contributed by atoms with Gasteiger partial charge in [0.15, 0.2) is 5.69 Å². The zero-order valence-electron chi connectivity index (χ0n) is 10.7. The highest BCUT2D eigenvalue weighted by Crippen LogP contribution is 2.22. The van der Waals surface area contributed by atoms with Crippen LogP contribution in [-0.4, -0.2) is 50.2 Å². The van der Waals surface area contributed by atoms with Crippen LogP contribution in [-0.2, 0) is 6.42 Å². The number of rotatable bonds is 3. The third-order valence-corrected chi connectivity index (χ3v) is 3.44. The zero-order chi connectivity index (χ0) is 13.9. The molecule has 104 valence electrons. The molecule has 1 saturated heterocycles. The molecular weight excluding hydrogens is 260 g/mol. The second kappa shape index (κ2) is 5.38. The Kier molecular flexibility index (Phi) is 3.42. The Hall–Kier alpha value is -2.28. The van der Waals surface area contributed by atoms with Gasteiger partial charge in [0.2, 0.25) is 0 Å². The van der Waals surface area contributed by atoms with Gasteiger partial charge in [-0.3, -0.25) is 14.8 Å². The zero-order valence-corrected chi connectivity index (χ0v) is 10.7. The Morgan fingerprint density at radius 2 is 2.35 bits per heavy atom. The van der Waals surface area contributed by atoms with Crippen LogP contribution in [0.25, 0.3) is 0 Å². The first-order chi connectivity index (χ1) is 9.74. The third-order valence-electron chi connectivity index (χ3n) is 3.44. The molecule has 1 N–H and O–H groups in total. The van der Waals surface area contributed by atoms with Crippen LogP contribution in [0, 0.1) is 5.92 Å². The van der Waals surface area contributed by atoms with Crippen LogP contribution in [0.15, 0.2) is 35.4 Å². The second-order valence-electron chi connectivity index (χ2n) is 4.82. The highest BCUT2D eigenvalue weighted by atomic mass is 16.5. The van der Waals surface area contributed by atoms with Crippen molar-refractivity contribution in [3.05, 3.63) is 42.3 Å². The molecule has 2 aromatic rings. The number of likely N-dealkylation sites (tertiary alicyclic amines) is 1. The molecule has 7 nitrogen and oxygen atoms in total. The fourth-order valence-corrected chi connectivity index (χ4v) is 2.41. The largest absolute Gasteiger partial charge is 0.391 e. The van der Waals surface area contributed by atoms with Crippen molar-refractivity contribution in [2.45, 2.75) is 12.5 Å². The predicted molar refractivity (Wildman–Crippen MR) is 67.6 cm³/mol. The molecule has 0 aliphatic carbocycles. The lowest BCUT2D eigenvalue weighted by atomic mass is 10.0. The summed E-state index contributed by atoms with van der Waals surface area (Å²) in [6, 6.07) is 1.52. The van der Waals surface area contributed by atoms with Crippen molar-refractivity contribution >= 4 is 5.91 Å². The molecule has 0 aromatic carbocycles. The van der Waals surface area contributed by atoms with Gasteiger partial charge in [-0.15, -0.1) is 0 Å². The molecule has 7 heteroatoms. The molecule has 0 unspecified atom stereocenters. The summed E-state index contributed by atoms with van der Waals surface area (Å²) in [6.07, 6.45) is 6.29. The second-order valence-corrected chi connectivity index (χ2v) is 4.82. The first-order valence-electron chi connectivity index (χ1n) is 6.36. The van der Waals surface area contributed by atoms with Crippen LogP contribution < -0.4 is 0 Å². The number of aromatic nitrogens is 3. The number of aliphatic hydroxyl groups excluding tert-OH is 1. The standard InChI is InChI=1S/C13H14N4O3/c18-12-8-17(13(19)11-1-4-20-16-11)7-9(12)5-10-6-14-2-3-15-10/h1-4,6,9,12,18H,5,7-8H2/t9-,12-/m1/s1. The average molecular weight is 274 g/mol. The predicted octanol–water partition coefficient (Wildman–Crippen LogP) is 0.140. The molecule has 1 aliphatic heterocycles. The average Bonchev–Trinajstić information content (AvgIpc) is 3.10. The van der Waals surface area contributed by atoms with E-state index in [9.17, 15) is 9.90 Å². The van der Waals surface area contributed by atoms with E-state index in [2.05, 4.69) is 19.6 Å². The van der Waals surface area contributed by atoms with E-state index in [-0.39, 0.29) is 17.5 Å². The Bertz CT molecular complexity index is 573. The minimum Gasteiger partial charge on any atom is -0.391 e. The first-order valence-corrected chi connectivity index (χ1v) is 6.36. The van der Waals surface area contributed by atoms with E-state index < -0.39 is 6.10 Å². The molecular formula is C13H14N4O3. The fraction of sp³-hybridized carbons (Fsp3) is 0.385. The molecule has 1 amide bonds. The van der Waals surface area contributed by atoms with Crippen molar-refractivity contribution < 1.29 is 14.4 Å². The van der Waals surface area contributed by atoms with Crippen molar-refractivity contribution in [2.75, 3.05) is 13.1 Å². The van der Waals surface area contributed by atoms with Crippen LogP contribution in [0.1, 0.15) is 16.2 Å². The van der Waals surface area contributed by atoms with Crippen LogP contribution >= 0.6 is 0 Å². The van der Waals surface area contributed by atoms with Gasteiger partial charge >= 0.3 is 0 Å². The molecule has 2 aromatic heterocycles. The maximum atomic E-state index is 12.1. The number of aliphatic hydroxyl groups is 1. The van der Waals surface area contributed by atoms with E-state index in [4.69, 9.17) is 0 Å². The minimum atomic E-state index is -0.562. The molecule has 3 heterocycles. The van der Waals surface area contributed by atoms with Crippen molar-refractivity contribution in [1.82, 2.24) is 20.0 Å². The van der Waals surface area contributed by atoms with Gasteiger partial charge in [-0.05, 0) is 6.42 Å². The molecule has 1 fully saturated rings. The lowest BCUT2D eigenvalue weighted by Crippen LogP contribution is -2.29. The van der Waals surface area contributed by atoms with Crippen molar-refractivity contribution in [3.8, 4) is 0 Å². The molecule has 2 atom stereocenters. The van der Waals surface area contributed by atoms with E-state index >= 15 is 0 Å². The van der Waals surface area contributed by atoms with E-state index in [1.165, 1.54) is 12.3 Å². The third kappa shape index (κ3) is 2.53. The molecule has 20 heavy (non-hydrogen) atoms. The Morgan fingerprint density at radius 3 is 3.05 bits per heavy atom. The quantitative estimate of drug-likeness (QED) is 0.856. The SMILES string of the molecule is O=C(c1ccon1)N1C[C@@H](Cc2cnccn2)[C@H](O)C1. The topological polar surface area (TPSA) is 92.4 Å². The highest BCUT2D eigenvalue weighted by Gasteiger charge is 2.35. The molecule has 0 spiro atoms. The monoisotopic (exact) mass is 274 g/mol. The molecule has 0 bridgehead atoms. The van der Waals surface area contributed by atoms with Gasteiger partial charge in [0.05, 0.1) is 11.8 Å². The summed E-state index contributed by atoms with van der Waals surface area (Å²) in [7, 11) is 0. The summed E-state index contributed by atoms with van der Waals surface area (Å²) in [5.74, 6) is -0.262. The summed E-state index contributed by atoms with van der Waals surface area (Å²) >= 11 is 0. The van der Waals surface area contributed by atoms with Gasteiger partial charge in [-0.25, -0.2) is 0 Å². The highest BCUT2D eigenvalue weighted by molar-refractivity contribution is 5.92. The summed E-state index contributed by atoms with van der Waals surface area (Å²) in [5.41, 5.74) is 1.07. The Balaban J connectivity index is 1.66. The van der Waals surface area contributed by atoms with Gasteiger partial charge < -0.3 is 14.5 Å². The van der Waals surface area contributed by atoms with E-state index in [0.717, 1.165) is 5.69 Å². The normalized spacial score (nSPS) is 22.1. The van der Waals surface area contributed by atoms with Crippen LogP contribution in [0.4, 0.5) is 0 Å². The molecule has 3 rings (SSSR count). The number of hydrogen-bond donors (Lipinski definition) is 1. The van der Waals surface area contributed by atoms with Gasteiger partial charge in [-0.1, -0.05) is 5.16 Å². The minimum absolute atomic E-state index is 0.0393. The molecule has 0 radical (unpaired) electrons. The summed E-state index contributed by atoms with van der Waals surface area (Å²) in [6.45, 7) is 0.778. The lowest BCUT2D eigenvalue weighted by Gasteiger charge is -2.14. The Morgan fingerprint density at radius 1 is 1.45 bits per heavy atom. The summed E-state index contributed by atoms with van der Waals surface area (Å²) < 4.78 is 4.67. The lowest BCUT2D eigenvalue weighted by molar-refractivity contribution is 0.0754. The summed E-state index contributed by atoms with van der Waals surface area (Å²) in [5, 5.41) is 13.7. The number of carbonyl (C=O) groups excluding carboxylic acids is 1. The molecule has 1 aliphatic rings. The van der Waals surface area contributed by atoms with E-state index in [1.807, 2.05) is 0 Å². The number of carbonyl (C=O) groups is 1. The van der Waals surface area contributed by atoms with Crippen LogP contribution in [0.3, 0.4) is 0 Å². The van der Waals surface area contributed by atoms with E-state index in [0.29, 0.717) is 19.5 Å². The van der Waals surface area contributed by atoms with Gasteiger partial charge in [0.1, 0.15) is 6.26 Å². The van der Waals surface area contributed by atoms with Crippen molar-refractivity contribution in [1.29, 1.82) is 0 Å².